The number of methoxy groups -OCH3 is 4. The molecule has 0 radical (unpaired) electrons. The van der Waals surface area contributed by atoms with Gasteiger partial charge in [0.1, 0.15) is 97.0 Å². The van der Waals surface area contributed by atoms with Crippen molar-refractivity contribution in [3.05, 3.63) is 52.5 Å². The number of carbonyl (C=O) groups excluding carboxylic acids is 7. The Kier molecular flexibility index (Phi) is 40.7. The molecule has 35 atom stereocenters. The molecule has 692 valence electrons. The van der Waals surface area contributed by atoms with E-state index in [1.807, 2.05) is 13.8 Å². The maximum atomic E-state index is 12.4. The second kappa shape index (κ2) is 48.4. The lowest BCUT2D eigenvalue weighted by molar-refractivity contribution is -0.292. The Morgan fingerprint density at radius 1 is 0.455 bits per heavy atom. The van der Waals surface area contributed by atoms with Gasteiger partial charge in [-0.25, -0.2) is 0 Å². The Morgan fingerprint density at radius 3 is 1.39 bits per heavy atom. The van der Waals surface area contributed by atoms with Crippen LogP contribution in [0.5, 0.6) is 0 Å². The van der Waals surface area contributed by atoms with E-state index in [0.717, 1.165) is 52.8 Å². The van der Waals surface area contributed by atoms with Gasteiger partial charge in [0.15, 0.2) is 11.6 Å². The number of esters is 4. The van der Waals surface area contributed by atoms with Crippen molar-refractivity contribution in [3.8, 4) is 11.8 Å². The quantitative estimate of drug-likeness (QED) is 0.00924. The third kappa shape index (κ3) is 28.5. The molecular weight excluding hydrogens is 2140 g/mol. The van der Waals surface area contributed by atoms with Gasteiger partial charge in [-0.05, 0) is 225 Å². The van der Waals surface area contributed by atoms with Crippen molar-refractivity contribution < 1.29 is 135 Å². The highest BCUT2D eigenvalue weighted by atomic mass is 127. The van der Waals surface area contributed by atoms with Crippen LogP contribution >= 0.6 is 137 Å². The number of ketones is 3. The number of Topliss-reactive ketones (excluding diaryl/α,β-unsaturated/α-hetero) is 2. The van der Waals surface area contributed by atoms with E-state index in [-0.39, 0.29) is 229 Å². The van der Waals surface area contributed by atoms with Crippen molar-refractivity contribution >= 4 is 178 Å². The molecule has 5 unspecified atom stereocenters. The van der Waals surface area contributed by atoms with Crippen LogP contribution in [0.2, 0.25) is 0 Å². The van der Waals surface area contributed by atoms with E-state index in [0.29, 0.717) is 77.0 Å². The summed E-state index contributed by atoms with van der Waals surface area (Å²) in [5, 5.41) is 42.4. The van der Waals surface area contributed by atoms with E-state index in [2.05, 4.69) is 140 Å². The molecular formula is C87H120Cl4I4O28. The Balaban J connectivity index is 0.000000172. The number of allylic oxidation sites excluding steroid dienone is 5. The first-order chi connectivity index (χ1) is 58.4. The second-order valence-electron chi connectivity index (χ2n) is 34.3. The van der Waals surface area contributed by atoms with E-state index < -0.39 is 79.0 Å². The monoisotopic (exact) mass is 2260 g/mol. The Morgan fingerprint density at radius 2 is 0.870 bits per heavy atom. The molecule has 14 heterocycles. The average Bonchev–Trinajstić information content (AvgIpc) is 1.55. The summed E-state index contributed by atoms with van der Waals surface area (Å²) >= 11 is 33.7. The van der Waals surface area contributed by atoms with Gasteiger partial charge in [0.2, 0.25) is 5.78 Å². The van der Waals surface area contributed by atoms with Crippen LogP contribution in [0.25, 0.3) is 0 Å². The maximum Gasteiger partial charge on any atom is 0.308 e. The fraction of sp³-hybridized carbons (Fsp3) is 0.782. The lowest BCUT2D eigenvalue weighted by Crippen LogP contribution is -2.61. The summed E-state index contributed by atoms with van der Waals surface area (Å²) in [6.07, 6.45) is 3.28. The summed E-state index contributed by atoms with van der Waals surface area (Å²) < 4.78 is 103. The van der Waals surface area contributed by atoms with Crippen molar-refractivity contribution in [2.45, 2.75) is 380 Å². The average molecular weight is 2260 g/mol. The van der Waals surface area contributed by atoms with Crippen molar-refractivity contribution in [1.82, 2.24) is 0 Å². The first kappa shape index (κ1) is 103. The molecule has 28 nitrogen and oxygen atoms in total. The van der Waals surface area contributed by atoms with Gasteiger partial charge in [0.05, 0.1) is 133 Å². The first-order valence-corrected chi connectivity index (χ1v) is 48.7. The topological polar surface area (TPSA) is 357 Å². The SMILES string of the molecule is C=C(I)C[C@H](Cl)CCC(=O)C#C[C@H](O)[C@@H]1O[C@H]2CC[C@H](CC(=O)OC)O[C@@H]2[C@H](C)[C@@H]1C.C=C(I)C[C@H](Cl)CCC(=O)C=C1O[C@@H]2C(O[C@H]3CC[C@H](CC(=O)OC)O[C@@H]3[C@@H]2C)[C@H]1O.C=C(I)C[C@H](Cl)CCC(=O)CC1O[C@@H]2C(O[C@H]3CC[C@H](CC(=O)OC)O[C@@H]3[C@@H]2O)[C@H]1O.C=C(I)C[C@H](Cl)CC[C@@]12CC3O[C@@H]4C(O[C@H]5CC[C@H](CC(=O)OC)O[C@@H]5[C@@H]4O1)[C@@H]3O2. The normalized spacial score (nSPS) is 38.4. The molecule has 14 fully saturated rings. The molecule has 4 N–H and O–H groups in total. The molecule has 0 spiro atoms. The van der Waals surface area contributed by atoms with Gasteiger partial charge >= 0.3 is 23.9 Å². The number of alkyl halides is 4. The van der Waals surface area contributed by atoms with Crippen LogP contribution in [0.3, 0.4) is 0 Å². The fourth-order valence-corrected chi connectivity index (χ4v) is 23.1. The lowest BCUT2D eigenvalue weighted by atomic mass is 9.77. The van der Waals surface area contributed by atoms with E-state index in [4.69, 9.17) is 122 Å². The number of fused-ring (bicyclic) bond motifs is 6. The van der Waals surface area contributed by atoms with Crippen LogP contribution in [0.15, 0.2) is 52.5 Å². The van der Waals surface area contributed by atoms with Crippen molar-refractivity contribution in [2.24, 2.45) is 17.8 Å². The molecule has 14 rings (SSSR count). The highest BCUT2D eigenvalue weighted by Gasteiger charge is 2.69. The summed E-state index contributed by atoms with van der Waals surface area (Å²) in [6.45, 7) is 21.4. The Bertz CT molecular complexity index is 3760. The van der Waals surface area contributed by atoms with Gasteiger partial charge in [-0.1, -0.05) is 53.0 Å². The van der Waals surface area contributed by atoms with Gasteiger partial charge in [-0.3, -0.25) is 33.6 Å². The molecule has 0 saturated carbocycles. The molecule has 0 aromatic heterocycles. The Labute approximate surface area is 795 Å². The number of hydrogen-bond donors (Lipinski definition) is 4. The summed E-state index contributed by atoms with van der Waals surface area (Å²) in [7, 11) is 5.45. The zero-order valence-corrected chi connectivity index (χ0v) is 82.2. The molecule has 6 bridgehead atoms. The molecule has 14 aliphatic rings. The number of ether oxygens (including phenoxy) is 17. The molecule has 14 aliphatic heterocycles. The number of aliphatic hydroxyl groups is 4. The predicted octanol–water partition coefficient (Wildman–Crippen LogP) is 12.5. The molecule has 123 heavy (non-hydrogen) atoms. The largest absolute Gasteiger partial charge is 0.489 e. The van der Waals surface area contributed by atoms with E-state index in [1.165, 1.54) is 34.5 Å². The number of halogens is 8. The second-order valence-corrected chi connectivity index (χ2v) is 42.9. The number of carbonyl (C=O) groups is 7. The minimum absolute atomic E-state index is 0.00654. The van der Waals surface area contributed by atoms with Crippen molar-refractivity contribution in [2.75, 3.05) is 28.4 Å². The molecule has 0 amide bonds. The van der Waals surface area contributed by atoms with Crippen molar-refractivity contribution in [1.29, 1.82) is 0 Å². The minimum atomic E-state index is -1.06. The molecule has 0 aliphatic carbocycles. The van der Waals surface area contributed by atoms with Crippen LogP contribution in [-0.2, 0) is 114 Å². The minimum Gasteiger partial charge on any atom is -0.489 e. The zero-order valence-electron chi connectivity index (χ0n) is 70.5. The maximum absolute atomic E-state index is 12.4. The molecule has 0 aromatic rings. The van der Waals surface area contributed by atoms with E-state index in [9.17, 15) is 54.0 Å². The highest BCUT2D eigenvalue weighted by Crippen LogP contribution is 2.55. The van der Waals surface area contributed by atoms with Gasteiger partial charge < -0.3 is 101 Å². The third-order valence-corrected chi connectivity index (χ3v) is 28.5. The highest BCUT2D eigenvalue weighted by molar-refractivity contribution is 14.1. The van der Waals surface area contributed by atoms with Crippen LogP contribution in [0, 0.1) is 29.6 Å². The van der Waals surface area contributed by atoms with E-state index >= 15 is 0 Å². The van der Waals surface area contributed by atoms with Crippen LogP contribution < -0.4 is 0 Å². The first-order valence-electron chi connectivity index (χ1n) is 42.6. The summed E-state index contributed by atoms with van der Waals surface area (Å²) in [5.41, 5.74) is 0. The van der Waals surface area contributed by atoms with Gasteiger partial charge in [0, 0.05) is 72.0 Å². The van der Waals surface area contributed by atoms with Gasteiger partial charge in [-0.15, -0.1) is 46.4 Å². The predicted molar refractivity (Wildman–Crippen MR) is 486 cm³/mol. The van der Waals surface area contributed by atoms with E-state index in [1.54, 1.807) is 0 Å². The van der Waals surface area contributed by atoms with Crippen molar-refractivity contribution in [3.63, 3.8) is 0 Å². The number of rotatable bonds is 32. The summed E-state index contributed by atoms with van der Waals surface area (Å²) in [6, 6.07) is 0. The third-order valence-electron chi connectivity index (χ3n) is 25.3. The smallest absolute Gasteiger partial charge is 0.308 e. The van der Waals surface area contributed by atoms with Crippen LogP contribution in [0.1, 0.15) is 188 Å². The number of aliphatic hydroxyl groups excluding tert-OH is 4. The Hall–Kier alpha value is -1.61. The van der Waals surface area contributed by atoms with Gasteiger partial charge in [0.25, 0.3) is 0 Å². The van der Waals surface area contributed by atoms with Gasteiger partial charge in [-0.2, -0.15) is 0 Å². The fourth-order valence-electron chi connectivity index (χ4n) is 18.7. The molecule has 14 saturated heterocycles. The lowest BCUT2D eigenvalue weighted by Gasteiger charge is -2.49. The summed E-state index contributed by atoms with van der Waals surface area (Å²) in [5.74, 6) is 3.07. The standard InChI is InChI=1S/C23H32ClIO6.C22H30ClIO7.C21H30ClIO8.C21H28ClIO7/c1-13(25)11-16(24)5-6-17(26)7-9-19(27)22-14(2)15(3)23-20(31-22)10-8-18(30-23)12-21(28)29-4;1-11(24)8-13(23)4-5-14(25)9-17-19(27)22-21(31-17)12(2)20-16(30-22)7-6-15(29-20)10-18(26)28-3;1-10(23)7-11(22)3-4-12(24)8-15-17(26)20-21(31-15)18(27)19-14(30-20)6-5-13(29-19)9-16(25)28-2;1-10(23)7-11(22)5-6-21-9-14-17(29-21)18-19(28-14)20(30-21)16-13(27-18)4-3-12(26-16)8-15(24)25-2/h14-16,18-20,22-23,27H,1,5-6,8,10-12H2,2-4H3;9,12-13,15-16,19-22,27H,1,4-8,10H2,2-3H3;11,13-15,17-21,26-27H,1,3-9H2,2H3;11-14,16-20H,1,3-9H2,2H3/t14-,15+,16+,18+,19-,20-,22+,23+;12-,13+,15+,16-,19-,20+,21-,22?;11-,13-,14+,15?,17+,18+,19+,20?,21+;11-,12-,13+,14?,16+,17-,18?,19-,20+,21+/m0011/s1. The van der Waals surface area contributed by atoms with Crippen LogP contribution in [0.4, 0.5) is 0 Å². The molecule has 0 aromatic carbocycles. The zero-order chi connectivity index (χ0) is 89.6. The van der Waals surface area contributed by atoms with Crippen LogP contribution in [-0.4, -0.2) is 282 Å². The number of hydrogen-bond acceptors (Lipinski definition) is 28. The summed E-state index contributed by atoms with van der Waals surface area (Å²) in [4.78, 5) is 83.3. The molecule has 36 heteroatoms.